The zero-order valence-electron chi connectivity index (χ0n) is 14.3. The van der Waals surface area contributed by atoms with E-state index in [-0.39, 0.29) is 30.0 Å². The molecule has 2 aliphatic rings. The lowest BCUT2D eigenvalue weighted by molar-refractivity contribution is -0.136. The van der Waals surface area contributed by atoms with Crippen molar-refractivity contribution in [2.75, 3.05) is 19.6 Å². The third kappa shape index (κ3) is 3.68. The van der Waals surface area contributed by atoms with Gasteiger partial charge < -0.3 is 14.4 Å². The van der Waals surface area contributed by atoms with Gasteiger partial charge in [0.1, 0.15) is 0 Å². The van der Waals surface area contributed by atoms with E-state index in [2.05, 4.69) is 6.58 Å². The summed E-state index contributed by atoms with van der Waals surface area (Å²) in [6, 6.07) is 2.56. The van der Waals surface area contributed by atoms with E-state index in [1.807, 2.05) is 4.90 Å². The normalized spacial score (nSPS) is 19.2. The number of aromatic carboxylic acids is 1. The smallest absolute Gasteiger partial charge is 0.371 e. The topological polar surface area (TPSA) is 108 Å². The summed E-state index contributed by atoms with van der Waals surface area (Å²) < 4.78 is 31.3. The number of nitrogens with zero attached hydrogens (tertiary/aromatic N) is 2. The molecule has 26 heavy (non-hydrogen) atoms. The van der Waals surface area contributed by atoms with Crippen LogP contribution in [-0.2, 0) is 14.8 Å². The fraction of sp³-hybridized carbons (Fsp3) is 0.529. The fourth-order valence-electron chi connectivity index (χ4n) is 3.22. The fourth-order valence-corrected chi connectivity index (χ4v) is 4.60. The van der Waals surface area contributed by atoms with Crippen molar-refractivity contribution >= 4 is 21.9 Å². The van der Waals surface area contributed by atoms with Crippen LogP contribution >= 0.6 is 0 Å². The van der Waals surface area contributed by atoms with Crippen molar-refractivity contribution in [3.05, 3.63) is 30.5 Å². The Balaban J connectivity index is 1.64. The van der Waals surface area contributed by atoms with Gasteiger partial charge in [-0.3, -0.25) is 4.79 Å². The van der Waals surface area contributed by atoms with Gasteiger partial charge in [-0.1, -0.05) is 6.08 Å². The van der Waals surface area contributed by atoms with Crippen molar-refractivity contribution in [2.45, 2.75) is 36.8 Å². The molecule has 1 aliphatic heterocycles. The molecule has 0 aromatic carbocycles. The Morgan fingerprint density at radius 1 is 1.27 bits per heavy atom. The van der Waals surface area contributed by atoms with E-state index in [1.54, 1.807) is 6.08 Å². The molecule has 3 rings (SSSR count). The molecule has 9 heteroatoms. The van der Waals surface area contributed by atoms with E-state index >= 15 is 0 Å². The maximum absolute atomic E-state index is 12.7. The minimum absolute atomic E-state index is 0.0654. The molecular formula is C17H22N2O6S. The van der Waals surface area contributed by atoms with E-state index in [1.165, 1.54) is 4.31 Å². The van der Waals surface area contributed by atoms with E-state index in [4.69, 9.17) is 9.52 Å². The van der Waals surface area contributed by atoms with Crippen molar-refractivity contribution in [2.24, 2.45) is 5.92 Å². The number of carbonyl (C=O) groups excluding carboxylic acids is 1. The van der Waals surface area contributed by atoms with Gasteiger partial charge in [0.25, 0.3) is 10.0 Å². The number of amides is 1. The van der Waals surface area contributed by atoms with Gasteiger partial charge in [0.2, 0.25) is 16.8 Å². The van der Waals surface area contributed by atoms with Gasteiger partial charge in [0, 0.05) is 31.6 Å². The largest absolute Gasteiger partial charge is 0.475 e. The highest BCUT2D eigenvalue weighted by Crippen LogP contribution is 2.31. The van der Waals surface area contributed by atoms with Crippen molar-refractivity contribution in [3.63, 3.8) is 0 Å². The first-order chi connectivity index (χ1) is 12.3. The Morgan fingerprint density at radius 3 is 2.42 bits per heavy atom. The lowest BCUT2D eigenvalue weighted by Crippen LogP contribution is -2.45. The molecule has 142 valence electrons. The zero-order chi connectivity index (χ0) is 18.9. The summed E-state index contributed by atoms with van der Waals surface area (Å²) >= 11 is 0. The molecule has 1 aliphatic carbocycles. The first-order valence-electron chi connectivity index (χ1n) is 8.59. The lowest BCUT2D eigenvalue weighted by Gasteiger charge is -2.33. The number of carboxylic acid groups (broad SMARTS) is 1. The molecule has 0 unspecified atom stereocenters. The second-order valence-electron chi connectivity index (χ2n) is 6.61. The first-order valence-corrected chi connectivity index (χ1v) is 10.0. The second kappa shape index (κ2) is 7.24. The number of hydrogen-bond donors (Lipinski definition) is 1. The van der Waals surface area contributed by atoms with Crippen molar-refractivity contribution in [3.8, 4) is 0 Å². The summed E-state index contributed by atoms with van der Waals surface area (Å²) in [6.45, 7) is 4.62. The molecule has 2 heterocycles. The van der Waals surface area contributed by atoms with Gasteiger partial charge in [0.05, 0.1) is 0 Å². The van der Waals surface area contributed by atoms with Gasteiger partial charge in [-0.2, -0.15) is 4.31 Å². The molecule has 2 fully saturated rings. The molecular weight excluding hydrogens is 360 g/mol. The highest BCUT2D eigenvalue weighted by atomic mass is 32.2. The molecule has 1 saturated heterocycles. The average Bonchev–Trinajstić information content (AvgIpc) is 3.33. The monoisotopic (exact) mass is 382 g/mol. The van der Waals surface area contributed by atoms with E-state index in [9.17, 15) is 18.0 Å². The number of carboxylic acids is 1. The molecule has 1 saturated carbocycles. The van der Waals surface area contributed by atoms with Crippen molar-refractivity contribution < 1.29 is 27.5 Å². The Hall–Kier alpha value is -2.13. The summed E-state index contributed by atoms with van der Waals surface area (Å²) in [7, 11) is -3.90. The predicted octanol–water partition coefficient (Wildman–Crippen LogP) is 1.56. The molecule has 8 nitrogen and oxygen atoms in total. The van der Waals surface area contributed by atoms with Gasteiger partial charge in [-0.25, -0.2) is 13.2 Å². The molecule has 0 atom stereocenters. The van der Waals surface area contributed by atoms with E-state index in [0.29, 0.717) is 25.4 Å². The SMILES string of the molecule is C=CCN(C(=O)C1CCN(S(=O)(=O)c2ccc(C(=O)O)o2)CC1)C1CC1. The van der Waals surface area contributed by atoms with Crippen LogP contribution < -0.4 is 0 Å². The average molecular weight is 382 g/mol. The number of sulfonamides is 1. The highest BCUT2D eigenvalue weighted by molar-refractivity contribution is 7.89. The number of rotatable bonds is 7. The third-order valence-electron chi connectivity index (χ3n) is 4.79. The standard InChI is InChI=1S/C17H22N2O6S/c1-2-9-19(13-3-4-13)16(20)12-7-10-18(11-8-12)26(23,24)15-6-5-14(25-15)17(21)22/h2,5-6,12-13H,1,3-4,7-11H2,(H,21,22). The molecule has 1 aromatic heterocycles. The second-order valence-corrected chi connectivity index (χ2v) is 8.48. The van der Waals surface area contributed by atoms with Gasteiger partial charge in [0.15, 0.2) is 0 Å². The first kappa shape index (κ1) is 18.7. The lowest BCUT2D eigenvalue weighted by atomic mass is 9.96. The van der Waals surface area contributed by atoms with Crippen molar-refractivity contribution in [1.29, 1.82) is 0 Å². The van der Waals surface area contributed by atoms with Crippen LogP contribution in [0.2, 0.25) is 0 Å². The van der Waals surface area contributed by atoms with Gasteiger partial charge >= 0.3 is 5.97 Å². The molecule has 0 spiro atoms. The highest BCUT2D eigenvalue weighted by Gasteiger charge is 2.38. The van der Waals surface area contributed by atoms with Crippen LogP contribution in [0.3, 0.4) is 0 Å². The third-order valence-corrected chi connectivity index (χ3v) is 6.56. The van der Waals surface area contributed by atoms with Crippen LogP contribution in [0.1, 0.15) is 36.2 Å². The quantitative estimate of drug-likeness (QED) is 0.717. The molecule has 1 amide bonds. The zero-order valence-corrected chi connectivity index (χ0v) is 15.2. The minimum Gasteiger partial charge on any atom is -0.475 e. The maximum Gasteiger partial charge on any atom is 0.371 e. The minimum atomic E-state index is -3.90. The van der Waals surface area contributed by atoms with Crippen LogP contribution in [-0.4, -0.2) is 60.3 Å². The van der Waals surface area contributed by atoms with Crippen LogP contribution in [0.5, 0.6) is 0 Å². The number of piperidine rings is 1. The van der Waals surface area contributed by atoms with Crippen LogP contribution in [0.25, 0.3) is 0 Å². The van der Waals surface area contributed by atoms with Crippen LogP contribution in [0.4, 0.5) is 0 Å². The summed E-state index contributed by atoms with van der Waals surface area (Å²) in [5.41, 5.74) is 0. The maximum atomic E-state index is 12.7. The number of hydrogen-bond acceptors (Lipinski definition) is 5. The Kier molecular flexibility index (Phi) is 5.19. The summed E-state index contributed by atoms with van der Waals surface area (Å²) in [4.78, 5) is 25.4. The Labute approximate surface area is 152 Å². The molecule has 1 N–H and O–H groups in total. The van der Waals surface area contributed by atoms with E-state index < -0.39 is 21.8 Å². The molecule has 0 bridgehead atoms. The number of carbonyl (C=O) groups is 2. The summed E-state index contributed by atoms with van der Waals surface area (Å²) in [5.74, 6) is -1.87. The number of furan rings is 1. The molecule has 0 radical (unpaired) electrons. The summed E-state index contributed by atoms with van der Waals surface area (Å²) in [6.07, 6.45) is 4.61. The van der Waals surface area contributed by atoms with Crippen LogP contribution in [0, 0.1) is 5.92 Å². The predicted molar refractivity (Wildman–Crippen MR) is 92.1 cm³/mol. The van der Waals surface area contributed by atoms with Crippen molar-refractivity contribution in [1.82, 2.24) is 9.21 Å². The van der Waals surface area contributed by atoms with Gasteiger partial charge in [-0.15, -0.1) is 6.58 Å². The van der Waals surface area contributed by atoms with Gasteiger partial charge in [-0.05, 0) is 37.8 Å². The molecule has 1 aromatic rings. The van der Waals surface area contributed by atoms with Crippen LogP contribution in [0.15, 0.2) is 34.3 Å². The summed E-state index contributed by atoms with van der Waals surface area (Å²) in [5, 5.41) is 8.48. The Bertz CT molecular complexity index is 803. The van der Waals surface area contributed by atoms with E-state index in [0.717, 1.165) is 25.0 Å². The Morgan fingerprint density at radius 2 is 1.92 bits per heavy atom.